The second kappa shape index (κ2) is 6.91. The van der Waals surface area contributed by atoms with Crippen LogP contribution in [0.2, 0.25) is 0 Å². The van der Waals surface area contributed by atoms with Gasteiger partial charge >= 0.3 is 0 Å². The van der Waals surface area contributed by atoms with Crippen LogP contribution in [0, 0.1) is 0 Å². The van der Waals surface area contributed by atoms with Crippen molar-refractivity contribution in [3.8, 4) is 0 Å². The van der Waals surface area contributed by atoms with Crippen molar-refractivity contribution in [1.82, 2.24) is 15.1 Å². The zero-order valence-corrected chi connectivity index (χ0v) is 12.6. The Kier molecular flexibility index (Phi) is 4.50. The molecule has 0 bridgehead atoms. The topological polar surface area (TPSA) is 60.1 Å². The molecule has 3 aromatic heterocycles. The van der Waals surface area contributed by atoms with E-state index >= 15 is 0 Å². The van der Waals surface area contributed by atoms with Gasteiger partial charge in [-0.05, 0) is 46.7 Å². The van der Waals surface area contributed by atoms with E-state index < -0.39 is 0 Å². The van der Waals surface area contributed by atoms with Crippen molar-refractivity contribution in [1.29, 1.82) is 0 Å². The third kappa shape index (κ3) is 3.53. The Morgan fingerprint density at radius 1 is 1.45 bits per heavy atom. The summed E-state index contributed by atoms with van der Waals surface area (Å²) in [5, 5.41) is 11.1. The summed E-state index contributed by atoms with van der Waals surface area (Å²) in [6.45, 7) is 0.405. The molecule has 0 saturated heterocycles. The van der Waals surface area contributed by atoms with E-state index in [0.717, 1.165) is 11.3 Å². The lowest BCUT2D eigenvalue weighted by Crippen LogP contribution is -2.30. The lowest BCUT2D eigenvalue weighted by atomic mass is 10.2. The van der Waals surface area contributed by atoms with Gasteiger partial charge in [0.15, 0.2) is 0 Å². The van der Waals surface area contributed by atoms with Crippen LogP contribution in [0.1, 0.15) is 17.4 Å². The molecular formula is C16H15N3O2S. The van der Waals surface area contributed by atoms with Crippen molar-refractivity contribution < 1.29 is 9.21 Å². The first-order valence-corrected chi connectivity index (χ1v) is 7.78. The van der Waals surface area contributed by atoms with Gasteiger partial charge in [-0.15, -0.1) is 0 Å². The molecule has 0 unspecified atom stereocenters. The molecule has 3 heterocycles. The summed E-state index contributed by atoms with van der Waals surface area (Å²) in [4.78, 5) is 11.9. The normalized spacial score (nSPS) is 12.5. The fraction of sp³-hybridized carbons (Fsp3) is 0.125. The number of carbonyl (C=O) groups excluding carboxylic acids is 1. The van der Waals surface area contributed by atoms with E-state index in [4.69, 9.17) is 4.42 Å². The number of hydrogen-bond donors (Lipinski definition) is 1. The molecule has 112 valence electrons. The monoisotopic (exact) mass is 313 g/mol. The van der Waals surface area contributed by atoms with Crippen molar-refractivity contribution in [2.75, 3.05) is 6.54 Å². The summed E-state index contributed by atoms with van der Waals surface area (Å²) >= 11 is 1.60. The number of thiophene rings is 1. The van der Waals surface area contributed by atoms with Gasteiger partial charge in [-0.1, -0.05) is 0 Å². The van der Waals surface area contributed by atoms with Gasteiger partial charge < -0.3 is 9.73 Å². The van der Waals surface area contributed by atoms with Gasteiger partial charge in [-0.3, -0.25) is 9.48 Å². The van der Waals surface area contributed by atoms with Gasteiger partial charge in [0.25, 0.3) is 0 Å². The predicted molar refractivity (Wildman–Crippen MR) is 85.4 cm³/mol. The molecule has 0 saturated carbocycles. The lowest BCUT2D eigenvalue weighted by Gasteiger charge is -2.15. The molecular weight excluding hydrogens is 298 g/mol. The number of hydrogen-bond acceptors (Lipinski definition) is 4. The first-order valence-electron chi connectivity index (χ1n) is 6.83. The summed E-state index contributed by atoms with van der Waals surface area (Å²) < 4.78 is 7.21. The van der Waals surface area contributed by atoms with E-state index in [9.17, 15) is 4.79 Å². The van der Waals surface area contributed by atoms with Crippen molar-refractivity contribution in [3.63, 3.8) is 0 Å². The van der Waals surface area contributed by atoms with Crippen LogP contribution in [0.3, 0.4) is 0 Å². The number of amides is 1. The van der Waals surface area contributed by atoms with E-state index in [0.29, 0.717) is 6.54 Å². The Morgan fingerprint density at radius 3 is 3.09 bits per heavy atom. The fourth-order valence-corrected chi connectivity index (χ4v) is 2.70. The number of aromatic nitrogens is 2. The molecule has 0 aliphatic rings. The van der Waals surface area contributed by atoms with E-state index in [1.807, 2.05) is 41.2 Å². The van der Waals surface area contributed by atoms with Crippen LogP contribution in [-0.4, -0.2) is 22.2 Å². The zero-order valence-electron chi connectivity index (χ0n) is 11.8. The Morgan fingerprint density at radius 2 is 2.41 bits per heavy atom. The average molecular weight is 313 g/mol. The molecule has 0 radical (unpaired) electrons. The Bertz CT molecular complexity index is 681. The van der Waals surface area contributed by atoms with Gasteiger partial charge in [-0.25, -0.2) is 0 Å². The highest BCUT2D eigenvalue weighted by atomic mass is 32.1. The van der Waals surface area contributed by atoms with Crippen LogP contribution in [0.5, 0.6) is 0 Å². The van der Waals surface area contributed by atoms with E-state index in [1.54, 1.807) is 34.6 Å². The summed E-state index contributed by atoms with van der Waals surface area (Å²) in [6, 6.07) is 7.34. The molecule has 5 nitrogen and oxygen atoms in total. The Balaban J connectivity index is 1.63. The molecule has 1 N–H and O–H groups in total. The van der Waals surface area contributed by atoms with Crippen molar-refractivity contribution >= 4 is 23.3 Å². The maximum atomic E-state index is 11.9. The molecule has 0 fully saturated rings. The van der Waals surface area contributed by atoms with Crippen LogP contribution in [-0.2, 0) is 4.79 Å². The quantitative estimate of drug-likeness (QED) is 0.712. The highest BCUT2D eigenvalue weighted by Gasteiger charge is 2.17. The maximum absolute atomic E-state index is 11.9. The summed E-state index contributed by atoms with van der Waals surface area (Å²) in [5.41, 5.74) is 1.02. The fourth-order valence-electron chi connectivity index (χ4n) is 2.07. The third-order valence-electron chi connectivity index (χ3n) is 3.16. The summed E-state index contributed by atoms with van der Waals surface area (Å²) in [5.74, 6) is 0.612. The van der Waals surface area contributed by atoms with Gasteiger partial charge in [0.2, 0.25) is 5.91 Å². The number of rotatable bonds is 6. The smallest absolute Gasteiger partial charge is 0.244 e. The molecule has 0 aliphatic carbocycles. The number of furan rings is 1. The molecule has 22 heavy (non-hydrogen) atoms. The van der Waals surface area contributed by atoms with Gasteiger partial charge in [0.05, 0.1) is 6.26 Å². The minimum Gasteiger partial charge on any atom is -0.467 e. The molecule has 3 aromatic rings. The number of nitrogens with one attached hydrogen (secondary N) is 1. The summed E-state index contributed by atoms with van der Waals surface area (Å²) in [7, 11) is 0. The third-order valence-corrected chi connectivity index (χ3v) is 3.86. The summed E-state index contributed by atoms with van der Waals surface area (Å²) in [6.07, 6.45) is 8.49. The van der Waals surface area contributed by atoms with Crippen molar-refractivity contribution in [2.24, 2.45) is 0 Å². The SMILES string of the molecule is O=C(/C=C/c1ccsc1)NC[C@H](c1ccco1)n1cccn1. The average Bonchev–Trinajstić information content (AvgIpc) is 3.27. The highest BCUT2D eigenvalue weighted by molar-refractivity contribution is 7.08. The first kappa shape index (κ1) is 14.3. The molecule has 3 rings (SSSR count). The van der Waals surface area contributed by atoms with Gasteiger partial charge in [-0.2, -0.15) is 16.4 Å². The van der Waals surface area contributed by atoms with Crippen LogP contribution >= 0.6 is 11.3 Å². The van der Waals surface area contributed by atoms with Crippen LogP contribution in [0.4, 0.5) is 0 Å². The second-order valence-corrected chi connectivity index (χ2v) is 5.43. The van der Waals surface area contributed by atoms with Crippen LogP contribution < -0.4 is 5.32 Å². The van der Waals surface area contributed by atoms with Crippen molar-refractivity contribution in [2.45, 2.75) is 6.04 Å². The number of carbonyl (C=O) groups is 1. The molecule has 0 aromatic carbocycles. The molecule has 1 amide bonds. The van der Waals surface area contributed by atoms with E-state index in [-0.39, 0.29) is 11.9 Å². The second-order valence-electron chi connectivity index (χ2n) is 4.65. The van der Waals surface area contributed by atoms with E-state index in [1.165, 1.54) is 6.08 Å². The van der Waals surface area contributed by atoms with Gasteiger partial charge in [0.1, 0.15) is 11.8 Å². The predicted octanol–water partition coefficient (Wildman–Crippen LogP) is 2.96. The lowest BCUT2D eigenvalue weighted by molar-refractivity contribution is -0.116. The van der Waals surface area contributed by atoms with Crippen LogP contribution in [0.25, 0.3) is 6.08 Å². The minimum absolute atomic E-state index is 0.144. The molecule has 0 spiro atoms. The first-order chi connectivity index (χ1) is 10.8. The highest BCUT2D eigenvalue weighted by Crippen LogP contribution is 2.17. The number of nitrogens with zero attached hydrogens (tertiary/aromatic N) is 2. The Hall–Kier alpha value is -2.60. The molecule has 6 heteroatoms. The Labute approximate surface area is 131 Å². The zero-order chi connectivity index (χ0) is 15.2. The van der Waals surface area contributed by atoms with Crippen molar-refractivity contribution in [3.05, 3.63) is 71.1 Å². The molecule has 1 atom stereocenters. The standard InChI is InChI=1S/C16H15N3O2S/c20-16(5-4-13-6-10-22-12-13)17-11-14(15-3-1-9-21-15)19-8-2-7-18-19/h1-10,12,14H,11H2,(H,17,20)/b5-4+/t14-/m1/s1. The largest absolute Gasteiger partial charge is 0.467 e. The maximum Gasteiger partial charge on any atom is 0.244 e. The van der Waals surface area contributed by atoms with E-state index in [2.05, 4.69) is 10.4 Å². The van der Waals surface area contributed by atoms with Crippen LogP contribution in [0.15, 0.2) is 64.2 Å². The minimum atomic E-state index is -0.163. The van der Waals surface area contributed by atoms with Gasteiger partial charge in [0, 0.05) is 25.0 Å². The molecule has 0 aliphatic heterocycles.